The van der Waals surface area contributed by atoms with Gasteiger partial charge in [0.2, 0.25) is 0 Å². The average molecular weight is 327 g/mol. The third-order valence-electron chi connectivity index (χ3n) is 2.83. The fourth-order valence-electron chi connectivity index (χ4n) is 1.74. The minimum absolute atomic E-state index is 0.0923. The number of thiophene rings is 1. The normalized spacial score (nSPS) is 10.9. The Morgan fingerprint density at radius 1 is 1.33 bits per heavy atom. The highest BCUT2D eigenvalue weighted by molar-refractivity contribution is 7.98. The largest absolute Gasteiger partial charge is 0.478 e. The summed E-state index contributed by atoms with van der Waals surface area (Å²) < 4.78 is 0. The molecule has 1 heterocycles. The molecule has 1 rings (SSSR count). The molecule has 1 amide bonds. The highest BCUT2D eigenvalue weighted by atomic mass is 32.2. The first kappa shape index (κ1) is 17.8. The van der Waals surface area contributed by atoms with Crippen molar-refractivity contribution in [3.63, 3.8) is 0 Å². The van der Waals surface area contributed by atoms with Crippen LogP contribution in [0.15, 0.2) is 17.5 Å². The molecule has 0 bridgehead atoms. The van der Waals surface area contributed by atoms with E-state index in [-0.39, 0.29) is 5.91 Å². The molecular formula is C15H21NO3S2. The Hall–Kier alpha value is -1.27. The molecule has 0 aliphatic heterocycles. The Labute approximate surface area is 133 Å². The summed E-state index contributed by atoms with van der Waals surface area (Å²) in [4.78, 5) is 23.1. The monoisotopic (exact) mass is 327 g/mol. The molecule has 0 fully saturated rings. The second-order valence-electron chi connectivity index (χ2n) is 4.57. The maximum Gasteiger partial charge on any atom is 0.328 e. The first-order valence-electron chi connectivity index (χ1n) is 6.90. The number of aliphatic carboxylic acids is 1. The molecule has 0 unspecified atom stereocenters. The van der Waals surface area contributed by atoms with Crippen molar-refractivity contribution in [1.29, 1.82) is 0 Å². The van der Waals surface area contributed by atoms with E-state index in [0.717, 1.165) is 23.8 Å². The molecule has 0 radical (unpaired) electrons. The van der Waals surface area contributed by atoms with Crippen LogP contribution in [0, 0.1) is 0 Å². The van der Waals surface area contributed by atoms with E-state index in [1.165, 1.54) is 36.0 Å². The van der Waals surface area contributed by atoms with Gasteiger partial charge in [0.15, 0.2) is 0 Å². The quantitative estimate of drug-likeness (QED) is 0.510. The number of thioether (sulfide) groups is 1. The molecule has 6 heteroatoms. The van der Waals surface area contributed by atoms with E-state index >= 15 is 0 Å². The number of nitrogens with one attached hydrogen (secondary N) is 1. The average Bonchev–Trinajstić information content (AvgIpc) is 2.93. The molecule has 0 spiro atoms. The van der Waals surface area contributed by atoms with Gasteiger partial charge in [-0.3, -0.25) is 4.79 Å². The predicted molar refractivity (Wildman–Crippen MR) is 90.2 cm³/mol. The molecule has 0 saturated carbocycles. The second-order valence-corrected chi connectivity index (χ2v) is 6.50. The van der Waals surface area contributed by atoms with Crippen molar-refractivity contribution in [2.75, 3.05) is 18.6 Å². The number of carboxylic acids is 1. The zero-order valence-corrected chi connectivity index (χ0v) is 13.8. The number of hydrogen-bond donors (Lipinski definition) is 2. The van der Waals surface area contributed by atoms with Crippen LogP contribution in [0.1, 0.15) is 40.9 Å². The van der Waals surface area contributed by atoms with Gasteiger partial charge in [-0.2, -0.15) is 11.8 Å². The smallest absolute Gasteiger partial charge is 0.328 e. The molecule has 0 aromatic carbocycles. The Bertz CT molecular complexity index is 483. The summed E-state index contributed by atoms with van der Waals surface area (Å²) in [6, 6.07) is 1.71. The van der Waals surface area contributed by atoms with Crippen molar-refractivity contribution in [1.82, 2.24) is 5.32 Å². The summed E-state index contributed by atoms with van der Waals surface area (Å²) in [5.74, 6) is 0.120. The lowest BCUT2D eigenvalue weighted by Crippen LogP contribution is -2.23. The number of amides is 1. The van der Waals surface area contributed by atoms with Crippen LogP contribution < -0.4 is 5.32 Å². The van der Waals surface area contributed by atoms with Crippen LogP contribution >= 0.6 is 23.1 Å². The Morgan fingerprint density at radius 3 is 2.81 bits per heavy atom. The number of carbonyl (C=O) groups is 2. The second kappa shape index (κ2) is 10.5. The van der Waals surface area contributed by atoms with Crippen LogP contribution in [0.25, 0.3) is 6.08 Å². The SMILES string of the molecule is CSCCCCCCNC(=O)c1csc(/C=C/C(=O)O)c1. The summed E-state index contributed by atoms with van der Waals surface area (Å²) in [6.45, 7) is 0.689. The Kier molecular flexibility index (Phi) is 8.85. The molecule has 0 aliphatic rings. The molecule has 1 aromatic heterocycles. The zero-order valence-electron chi connectivity index (χ0n) is 12.1. The van der Waals surface area contributed by atoms with Crippen molar-refractivity contribution in [3.05, 3.63) is 28.0 Å². The summed E-state index contributed by atoms with van der Waals surface area (Å²) in [5, 5.41) is 13.2. The lowest BCUT2D eigenvalue weighted by atomic mass is 10.2. The van der Waals surface area contributed by atoms with E-state index in [1.807, 2.05) is 11.8 Å². The van der Waals surface area contributed by atoms with Crippen LogP contribution in [0.4, 0.5) is 0 Å². The summed E-state index contributed by atoms with van der Waals surface area (Å²) in [7, 11) is 0. The van der Waals surface area contributed by atoms with Crippen LogP contribution in [0.2, 0.25) is 0 Å². The predicted octanol–water partition coefficient (Wildman–Crippen LogP) is 3.50. The van der Waals surface area contributed by atoms with Crippen molar-refractivity contribution < 1.29 is 14.7 Å². The van der Waals surface area contributed by atoms with Gasteiger partial charge in [-0.05, 0) is 37.0 Å². The summed E-state index contributed by atoms with van der Waals surface area (Å²) in [6.07, 6.45) is 9.25. The maximum atomic E-state index is 11.9. The standard InChI is InChI=1S/C15H21NO3S2/c1-20-9-5-3-2-4-8-16-15(19)12-10-13(21-11-12)6-7-14(17)18/h6-7,10-11H,2-5,8-9H2,1H3,(H,16,19)(H,17,18)/b7-6+. The van der Waals surface area contributed by atoms with Gasteiger partial charge in [-0.25, -0.2) is 4.79 Å². The molecule has 2 N–H and O–H groups in total. The van der Waals surface area contributed by atoms with E-state index in [9.17, 15) is 9.59 Å². The maximum absolute atomic E-state index is 11.9. The molecule has 4 nitrogen and oxygen atoms in total. The van der Waals surface area contributed by atoms with Gasteiger partial charge in [0.1, 0.15) is 0 Å². The van der Waals surface area contributed by atoms with E-state index in [1.54, 1.807) is 11.4 Å². The van der Waals surface area contributed by atoms with Gasteiger partial charge < -0.3 is 10.4 Å². The lowest BCUT2D eigenvalue weighted by Gasteiger charge is -2.03. The van der Waals surface area contributed by atoms with Crippen molar-refractivity contribution in [3.8, 4) is 0 Å². The minimum atomic E-state index is -0.990. The van der Waals surface area contributed by atoms with E-state index in [2.05, 4.69) is 11.6 Å². The molecule has 1 aromatic rings. The summed E-state index contributed by atoms with van der Waals surface area (Å²) >= 11 is 3.22. The van der Waals surface area contributed by atoms with Gasteiger partial charge >= 0.3 is 5.97 Å². The fourth-order valence-corrected chi connectivity index (χ4v) is 3.01. The molecule has 0 aliphatic carbocycles. The van der Waals surface area contributed by atoms with Gasteiger partial charge in [0, 0.05) is 22.9 Å². The first-order valence-corrected chi connectivity index (χ1v) is 9.17. The van der Waals surface area contributed by atoms with Crippen LogP contribution in [0.3, 0.4) is 0 Å². The molecule has 0 saturated heterocycles. The number of rotatable bonds is 10. The molecule has 116 valence electrons. The van der Waals surface area contributed by atoms with Crippen LogP contribution in [-0.4, -0.2) is 35.5 Å². The van der Waals surface area contributed by atoms with E-state index in [4.69, 9.17) is 5.11 Å². The molecule has 21 heavy (non-hydrogen) atoms. The molecule has 0 atom stereocenters. The van der Waals surface area contributed by atoms with Crippen LogP contribution in [0.5, 0.6) is 0 Å². The number of carbonyl (C=O) groups excluding carboxylic acids is 1. The highest BCUT2D eigenvalue weighted by Crippen LogP contribution is 2.16. The number of unbranched alkanes of at least 4 members (excludes halogenated alkanes) is 3. The van der Waals surface area contributed by atoms with E-state index in [0.29, 0.717) is 12.1 Å². The third kappa shape index (κ3) is 7.92. The Morgan fingerprint density at radius 2 is 2.10 bits per heavy atom. The van der Waals surface area contributed by atoms with Gasteiger partial charge in [-0.1, -0.05) is 12.8 Å². The summed E-state index contributed by atoms with van der Waals surface area (Å²) in [5.41, 5.74) is 0.590. The zero-order chi connectivity index (χ0) is 15.5. The van der Waals surface area contributed by atoms with Gasteiger partial charge in [0.25, 0.3) is 5.91 Å². The van der Waals surface area contributed by atoms with Crippen molar-refractivity contribution >= 4 is 41.1 Å². The minimum Gasteiger partial charge on any atom is -0.478 e. The first-order chi connectivity index (χ1) is 10.1. The lowest BCUT2D eigenvalue weighted by molar-refractivity contribution is -0.131. The highest BCUT2D eigenvalue weighted by Gasteiger charge is 2.07. The van der Waals surface area contributed by atoms with Gasteiger partial charge in [0.05, 0.1) is 5.56 Å². The number of hydrogen-bond acceptors (Lipinski definition) is 4. The van der Waals surface area contributed by atoms with Crippen molar-refractivity contribution in [2.45, 2.75) is 25.7 Å². The van der Waals surface area contributed by atoms with E-state index < -0.39 is 5.97 Å². The molecular weight excluding hydrogens is 306 g/mol. The fraction of sp³-hybridized carbons (Fsp3) is 0.467. The third-order valence-corrected chi connectivity index (χ3v) is 4.43. The topological polar surface area (TPSA) is 66.4 Å². The number of carboxylic acid groups (broad SMARTS) is 1. The van der Waals surface area contributed by atoms with Crippen LogP contribution in [-0.2, 0) is 4.79 Å². The van der Waals surface area contributed by atoms with Gasteiger partial charge in [-0.15, -0.1) is 11.3 Å². The Balaban J connectivity index is 2.24. The van der Waals surface area contributed by atoms with Crippen molar-refractivity contribution in [2.24, 2.45) is 0 Å².